The number of nitrogens with one attached hydrogen (secondary N) is 1. The van der Waals surface area contributed by atoms with Crippen molar-refractivity contribution in [2.75, 3.05) is 6.54 Å². The third kappa shape index (κ3) is 3.03. The predicted octanol–water partition coefficient (Wildman–Crippen LogP) is 2.97. The van der Waals surface area contributed by atoms with Gasteiger partial charge in [-0.15, -0.1) is 6.58 Å². The van der Waals surface area contributed by atoms with Crippen LogP contribution in [-0.4, -0.2) is 12.6 Å². The van der Waals surface area contributed by atoms with Gasteiger partial charge in [-0.05, 0) is 49.8 Å². The summed E-state index contributed by atoms with van der Waals surface area (Å²) < 4.78 is 12.8. The Hall–Kier alpha value is -0.890. The number of hydrogen-bond acceptors (Lipinski definition) is 1. The molecule has 1 N–H and O–H groups in total. The molecule has 2 atom stereocenters. The molecule has 0 bridgehead atoms. The van der Waals surface area contributed by atoms with Gasteiger partial charge in [-0.2, -0.15) is 0 Å². The van der Waals surface area contributed by atoms with Crippen LogP contribution >= 0.6 is 0 Å². The lowest BCUT2D eigenvalue weighted by Gasteiger charge is -2.23. The van der Waals surface area contributed by atoms with Crippen LogP contribution in [0.15, 0.2) is 36.7 Å². The molecular formula is C13H18FN. The van der Waals surface area contributed by atoms with Crippen molar-refractivity contribution < 1.29 is 4.39 Å². The summed E-state index contributed by atoms with van der Waals surface area (Å²) in [7, 11) is 0. The first-order chi connectivity index (χ1) is 7.29. The van der Waals surface area contributed by atoms with Crippen molar-refractivity contribution in [1.29, 1.82) is 0 Å². The highest BCUT2D eigenvalue weighted by atomic mass is 19.1. The second-order valence-corrected chi connectivity index (χ2v) is 4.46. The Balaban J connectivity index is 1.83. The molecule has 2 aliphatic carbocycles. The number of rotatable bonds is 5. The van der Waals surface area contributed by atoms with Crippen LogP contribution in [0.2, 0.25) is 0 Å². The fourth-order valence-electron chi connectivity index (χ4n) is 1.91. The zero-order chi connectivity index (χ0) is 10.7. The number of halogens is 1. The zero-order valence-corrected chi connectivity index (χ0v) is 8.95. The van der Waals surface area contributed by atoms with Crippen molar-refractivity contribution in [2.24, 2.45) is 11.8 Å². The second-order valence-electron chi connectivity index (χ2n) is 4.46. The van der Waals surface area contributed by atoms with Crippen LogP contribution in [0, 0.1) is 11.8 Å². The maximum atomic E-state index is 12.8. The zero-order valence-electron chi connectivity index (χ0n) is 8.95. The molecule has 15 heavy (non-hydrogen) atoms. The molecule has 0 spiro atoms. The van der Waals surface area contributed by atoms with Gasteiger partial charge in [0.05, 0.1) is 0 Å². The van der Waals surface area contributed by atoms with Gasteiger partial charge in [-0.3, -0.25) is 0 Å². The molecule has 0 saturated heterocycles. The Labute approximate surface area is 90.8 Å². The second kappa shape index (κ2) is 4.75. The van der Waals surface area contributed by atoms with Crippen molar-refractivity contribution in [2.45, 2.75) is 25.3 Å². The first-order valence-electron chi connectivity index (χ1n) is 5.69. The summed E-state index contributed by atoms with van der Waals surface area (Å²) >= 11 is 0. The number of allylic oxidation sites excluding steroid dienone is 3. The summed E-state index contributed by atoms with van der Waals surface area (Å²) in [6.45, 7) is 4.92. The molecule has 0 radical (unpaired) electrons. The van der Waals surface area contributed by atoms with E-state index in [0.29, 0.717) is 5.92 Å². The molecule has 2 rings (SSSR count). The van der Waals surface area contributed by atoms with Crippen LogP contribution in [-0.2, 0) is 0 Å². The molecule has 1 nitrogen and oxygen atoms in total. The molecule has 0 aliphatic heterocycles. The lowest BCUT2D eigenvalue weighted by Crippen LogP contribution is -2.35. The molecule has 2 heteroatoms. The van der Waals surface area contributed by atoms with Crippen LogP contribution in [0.25, 0.3) is 0 Å². The third-order valence-corrected chi connectivity index (χ3v) is 3.14. The monoisotopic (exact) mass is 207 g/mol. The molecule has 1 fully saturated rings. The summed E-state index contributed by atoms with van der Waals surface area (Å²) in [5.41, 5.74) is 0. The van der Waals surface area contributed by atoms with E-state index in [9.17, 15) is 4.39 Å². The lowest BCUT2D eigenvalue weighted by atomic mass is 9.92. The van der Waals surface area contributed by atoms with E-state index in [1.165, 1.54) is 12.8 Å². The van der Waals surface area contributed by atoms with E-state index in [-0.39, 0.29) is 11.9 Å². The minimum Gasteiger partial charge on any atom is -0.310 e. The summed E-state index contributed by atoms with van der Waals surface area (Å²) in [5, 5.41) is 3.49. The van der Waals surface area contributed by atoms with E-state index in [4.69, 9.17) is 0 Å². The minimum absolute atomic E-state index is 0.115. The molecule has 0 aromatic carbocycles. The minimum atomic E-state index is -0.115. The Kier molecular flexibility index (Phi) is 3.37. The van der Waals surface area contributed by atoms with Gasteiger partial charge in [0.15, 0.2) is 0 Å². The van der Waals surface area contributed by atoms with Gasteiger partial charge in [-0.1, -0.05) is 12.2 Å². The molecule has 0 aromatic rings. The van der Waals surface area contributed by atoms with E-state index >= 15 is 0 Å². The van der Waals surface area contributed by atoms with E-state index in [1.54, 1.807) is 12.2 Å². The van der Waals surface area contributed by atoms with Gasteiger partial charge in [-0.25, -0.2) is 4.39 Å². The number of hydrogen-bond donors (Lipinski definition) is 1. The van der Waals surface area contributed by atoms with E-state index in [1.807, 2.05) is 12.2 Å². The summed E-state index contributed by atoms with van der Waals surface area (Å²) in [5.74, 6) is 1.12. The Morgan fingerprint density at radius 3 is 2.93 bits per heavy atom. The fourth-order valence-corrected chi connectivity index (χ4v) is 1.91. The molecule has 0 heterocycles. The van der Waals surface area contributed by atoms with Gasteiger partial charge >= 0.3 is 0 Å². The Morgan fingerprint density at radius 2 is 2.40 bits per heavy atom. The maximum absolute atomic E-state index is 12.8. The molecule has 2 aliphatic rings. The Morgan fingerprint density at radius 1 is 1.60 bits per heavy atom. The van der Waals surface area contributed by atoms with Crippen LogP contribution in [0.1, 0.15) is 19.3 Å². The van der Waals surface area contributed by atoms with Crippen molar-refractivity contribution in [1.82, 2.24) is 5.32 Å². The van der Waals surface area contributed by atoms with Crippen molar-refractivity contribution in [3.8, 4) is 0 Å². The summed E-state index contributed by atoms with van der Waals surface area (Å²) in [4.78, 5) is 0. The van der Waals surface area contributed by atoms with Gasteiger partial charge in [0.1, 0.15) is 5.83 Å². The molecule has 1 unspecified atom stereocenters. The quantitative estimate of drug-likeness (QED) is 0.683. The highest BCUT2D eigenvalue weighted by Crippen LogP contribution is 2.28. The van der Waals surface area contributed by atoms with E-state index in [2.05, 4.69) is 11.9 Å². The van der Waals surface area contributed by atoms with E-state index < -0.39 is 0 Å². The smallest absolute Gasteiger partial charge is 0.118 e. The van der Waals surface area contributed by atoms with Crippen LogP contribution in [0.3, 0.4) is 0 Å². The van der Waals surface area contributed by atoms with Crippen LogP contribution in [0.5, 0.6) is 0 Å². The predicted molar refractivity (Wildman–Crippen MR) is 61.1 cm³/mol. The van der Waals surface area contributed by atoms with E-state index in [0.717, 1.165) is 18.9 Å². The lowest BCUT2D eigenvalue weighted by molar-refractivity contribution is 0.456. The van der Waals surface area contributed by atoms with Crippen molar-refractivity contribution in [3.63, 3.8) is 0 Å². The van der Waals surface area contributed by atoms with Gasteiger partial charge in [0.2, 0.25) is 0 Å². The molecular weight excluding hydrogens is 189 g/mol. The maximum Gasteiger partial charge on any atom is 0.118 e. The van der Waals surface area contributed by atoms with Gasteiger partial charge in [0, 0.05) is 6.04 Å². The summed E-state index contributed by atoms with van der Waals surface area (Å²) in [6.07, 6.45) is 10.6. The Bertz CT molecular complexity index is 289. The third-order valence-electron chi connectivity index (χ3n) is 3.14. The van der Waals surface area contributed by atoms with Crippen molar-refractivity contribution in [3.05, 3.63) is 36.7 Å². The highest BCUT2D eigenvalue weighted by molar-refractivity contribution is 5.20. The summed E-state index contributed by atoms with van der Waals surface area (Å²) in [6, 6.07) is 0.284. The SMILES string of the molecule is C=CC(NCC1CC1)[C@H]1C=CC(F)=CC1. The fraction of sp³-hybridized carbons (Fsp3) is 0.538. The van der Waals surface area contributed by atoms with Crippen molar-refractivity contribution >= 4 is 0 Å². The van der Waals surface area contributed by atoms with Gasteiger partial charge < -0.3 is 5.32 Å². The van der Waals surface area contributed by atoms with Gasteiger partial charge in [0.25, 0.3) is 0 Å². The first-order valence-corrected chi connectivity index (χ1v) is 5.69. The normalized spacial score (nSPS) is 27.3. The molecule has 1 saturated carbocycles. The molecule has 0 amide bonds. The average Bonchev–Trinajstić information content (AvgIpc) is 3.05. The largest absolute Gasteiger partial charge is 0.310 e. The topological polar surface area (TPSA) is 12.0 Å². The van der Waals surface area contributed by atoms with Crippen LogP contribution < -0.4 is 5.32 Å². The standard InChI is InChI=1S/C13H18FN/c1-2-13(15-9-10-3-4-10)11-5-7-12(14)8-6-11/h2,5,7-8,10-11,13,15H,1,3-4,6,9H2/t11-,13?/m0/s1. The van der Waals surface area contributed by atoms with Crippen LogP contribution in [0.4, 0.5) is 4.39 Å². The molecule has 0 aromatic heterocycles. The highest BCUT2D eigenvalue weighted by Gasteiger charge is 2.24. The molecule has 82 valence electrons. The first kappa shape index (κ1) is 10.6. The average molecular weight is 207 g/mol.